The molecule has 8 aromatic rings. The van der Waals surface area contributed by atoms with Crippen LogP contribution in [-0.2, 0) is 0 Å². The first-order valence-electron chi connectivity index (χ1n) is 14.7. The Kier molecular flexibility index (Phi) is 7.04. The third-order valence-electron chi connectivity index (χ3n) is 7.94. The van der Waals surface area contributed by atoms with Crippen molar-refractivity contribution in [3.8, 4) is 39.6 Å². The zero-order chi connectivity index (χ0) is 30.2. The Morgan fingerprint density at radius 3 is 1.76 bits per heavy atom. The zero-order valence-electron chi connectivity index (χ0n) is 24.1. The minimum Gasteiger partial charge on any atom is -0.323 e. The molecular formula is C39H26IN5. The first-order valence-corrected chi connectivity index (χ1v) is 15.8. The van der Waals surface area contributed by atoms with Gasteiger partial charge in [0, 0.05) is 42.4 Å². The van der Waals surface area contributed by atoms with Crippen LogP contribution in [0.2, 0.25) is 0 Å². The van der Waals surface area contributed by atoms with Crippen LogP contribution in [0, 0.1) is 3.57 Å². The second-order valence-electron chi connectivity index (χ2n) is 10.7. The second kappa shape index (κ2) is 11.6. The summed E-state index contributed by atoms with van der Waals surface area (Å²) in [4.78, 5) is 14.7. The summed E-state index contributed by atoms with van der Waals surface area (Å²) in [6, 6.07) is 52.1. The van der Waals surface area contributed by atoms with E-state index in [1.165, 1.54) is 10.8 Å². The van der Waals surface area contributed by atoms with Crippen molar-refractivity contribution in [1.29, 1.82) is 0 Å². The fourth-order valence-corrected chi connectivity index (χ4v) is 6.61. The molecule has 2 aromatic heterocycles. The van der Waals surface area contributed by atoms with E-state index in [0.29, 0.717) is 17.6 Å². The number of nitrogens with one attached hydrogen (secondary N) is 1. The topological polar surface area (TPSA) is 55.6 Å². The lowest BCUT2D eigenvalue weighted by Gasteiger charge is -2.16. The lowest BCUT2D eigenvalue weighted by molar-refractivity contribution is 1.07. The summed E-state index contributed by atoms with van der Waals surface area (Å²) in [5.74, 6) is 1.72. The van der Waals surface area contributed by atoms with E-state index in [0.717, 1.165) is 48.2 Å². The van der Waals surface area contributed by atoms with E-state index < -0.39 is 0 Å². The number of aromatic nitrogens is 4. The number of halogens is 1. The molecule has 0 saturated carbocycles. The predicted octanol–water partition coefficient (Wildman–Crippen LogP) is 10.3. The maximum Gasteiger partial charge on any atom is 0.231 e. The van der Waals surface area contributed by atoms with Gasteiger partial charge in [0.15, 0.2) is 11.6 Å². The average Bonchev–Trinajstić information content (AvgIpc) is 3.44. The summed E-state index contributed by atoms with van der Waals surface area (Å²) in [6.45, 7) is 0. The third kappa shape index (κ3) is 5.03. The molecule has 0 aliphatic rings. The van der Waals surface area contributed by atoms with Gasteiger partial charge in [0.1, 0.15) is 0 Å². The summed E-state index contributed by atoms with van der Waals surface area (Å²) in [5.41, 5.74) is 8.43. The van der Waals surface area contributed by atoms with Crippen LogP contribution in [0.5, 0.6) is 0 Å². The molecule has 0 fully saturated rings. The van der Waals surface area contributed by atoms with Crippen LogP contribution in [0.1, 0.15) is 0 Å². The summed E-state index contributed by atoms with van der Waals surface area (Å²) in [7, 11) is 0. The van der Waals surface area contributed by atoms with Gasteiger partial charge in [0.2, 0.25) is 5.95 Å². The van der Waals surface area contributed by atoms with E-state index in [4.69, 9.17) is 15.0 Å². The van der Waals surface area contributed by atoms with Crippen LogP contribution >= 0.6 is 22.6 Å². The lowest BCUT2D eigenvalue weighted by Crippen LogP contribution is -2.04. The number of hydrogen-bond donors (Lipinski definition) is 1. The van der Waals surface area contributed by atoms with E-state index in [2.05, 4.69) is 123 Å². The van der Waals surface area contributed by atoms with Crippen molar-refractivity contribution in [2.75, 3.05) is 5.32 Å². The van der Waals surface area contributed by atoms with E-state index in [1.54, 1.807) is 0 Å². The SMILES string of the molecule is Ic1ccccc1-c1c(Nc2nc(-c3ccccc3)nc(-c3ccccc3)n2)ccc2c1c1ccccc1n2-c1ccccc1. The van der Waals surface area contributed by atoms with Crippen molar-refractivity contribution in [2.45, 2.75) is 0 Å². The van der Waals surface area contributed by atoms with Gasteiger partial charge in [-0.25, -0.2) is 4.98 Å². The van der Waals surface area contributed by atoms with Gasteiger partial charge in [-0.2, -0.15) is 9.97 Å². The average molecular weight is 692 g/mol. The van der Waals surface area contributed by atoms with Crippen LogP contribution in [0.15, 0.2) is 152 Å². The molecule has 0 aliphatic heterocycles. The number of fused-ring (bicyclic) bond motifs is 3. The van der Waals surface area contributed by atoms with E-state index in [1.807, 2.05) is 60.7 Å². The number of benzene rings is 6. The smallest absolute Gasteiger partial charge is 0.231 e. The third-order valence-corrected chi connectivity index (χ3v) is 8.88. The minimum absolute atomic E-state index is 0.487. The fourth-order valence-electron chi connectivity index (χ4n) is 5.95. The zero-order valence-corrected chi connectivity index (χ0v) is 26.3. The van der Waals surface area contributed by atoms with Crippen molar-refractivity contribution in [3.63, 3.8) is 0 Å². The van der Waals surface area contributed by atoms with Crippen LogP contribution in [0.25, 0.3) is 61.4 Å². The largest absolute Gasteiger partial charge is 0.323 e. The molecule has 0 radical (unpaired) electrons. The highest BCUT2D eigenvalue weighted by atomic mass is 127. The van der Waals surface area contributed by atoms with Gasteiger partial charge in [-0.3, -0.25) is 0 Å². The maximum absolute atomic E-state index is 4.94. The van der Waals surface area contributed by atoms with Gasteiger partial charge in [0.05, 0.1) is 11.0 Å². The van der Waals surface area contributed by atoms with Crippen LogP contribution in [-0.4, -0.2) is 19.5 Å². The number of nitrogens with zero attached hydrogens (tertiary/aromatic N) is 4. The van der Waals surface area contributed by atoms with Crippen LogP contribution in [0.3, 0.4) is 0 Å². The number of rotatable bonds is 6. The standard InChI is InChI=1S/C39H26IN5/c40-31-22-12-10-20-29(31)35-32(24-25-34-36(35)30-21-11-13-23-33(30)45(34)28-18-8-3-9-19-28)41-39-43-37(26-14-4-1-5-15-26)42-38(44-39)27-16-6-2-7-17-27/h1-25H,(H,41,42,43,44). The number of para-hydroxylation sites is 2. The fraction of sp³-hybridized carbons (Fsp3) is 0. The minimum atomic E-state index is 0.487. The van der Waals surface area contributed by atoms with Crippen molar-refractivity contribution in [3.05, 3.63) is 155 Å². The summed E-state index contributed by atoms with van der Waals surface area (Å²) < 4.78 is 3.50. The van der Waals surface area contributed by atoms with Gasteiger partial charge in [-0.1, -0.05) is 115 Å². The maximum atomic E-state index is 4.94. The molecule has 0 unspecified atom stereocenters. The summed E-state index contributed by atoms with van der Waals surface area (Å²) >= 11 is 2.44. The Balaban J connectivity index is 1.39. The van der Waals surface area contributed by atoms with Gasteiger partial charge < -0.3 is 9.88 Å². The molecule has 0 spiro atoms. The molecule has 6 heteroatoms. The molecule has 45 heavy (non-hydrogen) atoms. The molecule has 2 heterocycles. The molecule has 0 bridgehead atoms. The number of hydrogen-bond acceptors (Lipinski definition) is 4. The Morgan fingerprint density at radius 2 is 1.09 bits per heavy atom. The number of anilines is 2. The molecule has 0 atom stereocenters. The highest BCUT2D eigenvalue weighted by Gasteiger charge is 2.21. The summed E-state index contributed by atoms with van der Waals surface area (Å²) in [5, 5.41) is 6.00. The van der Waals surface area contributed by atoms with Crippen molar-refractivity contribution >= 4 is 56.0 Å². The normalized spacial score (nSPS) is 11.2. The second-order valence-corrected chi connectivity index (χ2v) is 11.9. The molecule has 1 N–H and O–H groups in total. The highest BCUT2D eigenvalue weighted by Crippen LogP contribution is 2.44. The van der Waals surface area contributed by atoms with Crippen LogP contribution in [0.4, 0.5) is 11.6 Å². The predicted molar refractivity (Wildman–Crippen MR) is 193 cm³/mol. The van der Waals surface area contributed by atoms with E-state index >= 15 is 0 Å². The molecule has 214 valence electrons. The Labute approximate surface area is 274 Å². The quantitative estimate of drug-likeness (QED) is 0.176. The van der Waals surface area contributed by atoms with Crippen molar-refractivity contribution in [2.24, 2.45) is 0 Å². The van der Waals surface area contributed by atoms with Gasteiger partial charge in [-0.15, -0.1) is 0 Å². The molecule has 6 aromatic carbocycles. The molecule has 5 nitrogen and oxygen atoms in total. The monoisotopic (exact) mass is 691 g/mol. The Hall–Kier alpha value is -5.34. The summed E-state index contributed by atoms with van der Waals surface area (Å²) in [6.07, 6.45) is 0. The Morgan fingerprint density at radius 1 is 0.511 bits per heavy atom. The first-order chi connectivity index (χ1) is 22.2. The van der Waals surface area contributed by atoms with Gasteiger partial charge in [0.25, 0.3) is 0 Å². The molecule has 0 amide bonds. The van der Waals surface area contributed by atoms with Gasteiger partial charge in [-0.05, 0) is 64.6 Å². The molecular weight excluding hydrogens is 665 g/mol. The highest BCUT2D eigenvalue weighted by molar-refractivity contribution is 14.1. The van der Waals surface area contributed by atoms with E-state index in [9.17, 15) is 0 Å². The molecule has 8 rings (SSSR count). The van der Waals surface area contributed by atoms with Gasteiger partial charge >= 0.3 is 0 Å². The first kappa shape index (κ1) is 27.2. The van der Waals surface area contributed by atoms with Crippen molar-refractivity contribution < 1.29 is 0 Å². The lowest BCUT2D eigenvalue weighted by atomic mass is 9.97. The van der Waals surface area contributed by atoms with Crippen LogP contribution < -0.4 is 5.32 Å². The Bertz CT molecular complexity index is 2240. The van der Waals surface area contributed by atoms with Crippen molar-refractivity contribution in [1.82, 2.24) is 19.5 Å². The molecule has 0 saturated heterocycles. The molecule has 0 aliphatic carbocycles. The van der Waals surface area contributed by atoms with E-state index in [-0.39, 0.29) is 0 Å².